The monoisotopic (exact) mass is 427 g/mol. The SMILES string of the molecule is O=C(COC(=O)[C@@H]1[C@@H]2C[C@@H]3[C@@H]1C(=O)O[C@H]3C2)Nc1ccc(Br)c(Cl)c1. The molecule has 1 heterocycles. The molecule has 1 saturated heterocycles. The van der Waals surface area contributed by atoms with E-state index in [0.29, 0.717) is 10.7 Å². The highest BCUT2D eigenvalue weighted by Gasteiger charge is 2.64. The van der Waals surface area contributed by atoms with Gasteiger partial charge in [0.25, 0.3) is 5.91 Å². The lowest BCUT2D eigenvalue weighted by molar-refractivity contribution is -0.157. The number of carbonyl (C=O) groups is 3. The van der Waals surface area contributed by atoms with Crippen LogP contribution in [0.2, 0.25) is 5.02 Å². The summed E-state index contributed by atoms with van der Waals surface area (Å²) in [6.07, 6.45) is 1.51. The Kier molecular flexibility index (Phi) is 4.24. The molecule has 25 heavy (non-hydrogen) atoms. The zero-order valence-electron chi connectivity index (χ0n) is 13.0. The molecule has 3 aliphatic rings. The van der Waals surface area contributed by atoms with Crippen molar-refractivity contribution < 1.29 is 23.9 Å². The second-order valence-electron chi connectivity index (χ2n) is 6.71. The number of halogens is 2. The van der Waals surface area contributed by atoms with Crippen molar-refractivity contribution >= 4 is 51.1 Å². The van der Waals surface area contributed by atoms with Crippen LogP contribution in [0.5, 0.6) is 0 Å². The molecule has 0 aromatic heterocycles. The molecule has 132 valence electrons. The number of benzene rings is 1. The van der Waals surface area contributed by atoms with Crippen LogP contribution >= 0.6 is 27.5 Å². The lowest BCUT2D eigenvalue weighted by Gasteiger charge is -2.22. The summed E-state index contributed by atoms with van der Waals surface area (Å²) in [5, 5.41) is 3.08. The van der Waals surface area contributed by atoms with Crippen molar-refractivity contribution in [3.63, 3.8) is 0 Å². The van der Waals surface area contributed by atoms with E-state index >= 15 is 0 Å². The first-order chi connectivity index (χ1) is 11.9. The van der Waals surface area contributed by atoms with Gasteiger partial charge in [-0.15, -0.1) is 0 Å². The standard InChI is InChI=1S/C17H15BrClNO5/c18-10-2-1-8(5-11(10)19)20-13(21)6-24-16(22)14-7-3-9-12(4-7)25-17(23)15(9)14/h1-2,5,7,9,12,14-15H,3-4,6H2,(H,20,21)/t7-,9+,12+,14-,15+/m1/s1. The third-order valence-electron chi connectivity index (χ3n) is 5.30. The summed E-state index contributed by atoms with van der Waals surface area (Å²) in [5.41, 5.74) is 0.511. The van der Waals surface area contributed by atoms with Crippen LogP contribution in [0.4, 0.5) is 5.69 Å². The Balaban J connectivity index is 1.34. The zero-order chi connectivity index (χ0) is 17.7. The molecule has 1 aliphatic heterocycles. The molecule has 0 radical (unpaired) electrons. The highest BCUT2D eigenvalue weighted by atomic mass is 79.9. The van der Waals surface area contributed by atoms with Gasteiger partial charge in [0, 0.05) is 16.1 Å². The van der Waals surface area contributed by atoms with Crippen LogP contribution in [0.25, 0.3) is 0 Å². The fraction of sp³-hybridized carbons (Fsp3) is 0.471. The molecular formula is C17H15BrClNO5. The smallest absolute Gasteiger partial charge is 0.310 e. The first kappa shape index (κ1) is 16.8. The van der Waals surface area contributed by atoms with Crippen LogP contribution in [-0.2, 0) is 23.9 Å². The molecule has 3 fully saturated rings. The van der Waals surface area contributed by atoms with Gasteiger partial charge in [0.1, 0.15) is 6.10 Å². The van der Waals surface area contributed by atoms with Crippen LogP contribution in [-0.4, -0.2) is 30.6 Å². The van der Waals surface area contributed by atoms with E-state index in [1.54, 1.807) is 18.2 Å². The maximum atomic E-state index is 12.4. The number of hydrogen-bond acceptors (Lipinski definition) is 5. The van der Waals surface area contributed by atoms with Gasteiger partial charge in [-0.3, -0.25) is 14.4 Å². The number of esters is 2. The van der Waals surface area contributed by atoms with Crippen molar-refractivity contribution in [2.45, 2.75) is 18.9 Å². The third-order valence-corrected chi connectivity index (χ3v) is 6.54. The molecular weight excluding hydrogens is 414 g/mol. The van der Waals surface area contributed by atoms with Gasteiger partial charge in [-0.2, -0.15) is 0 Å². The molecule has 0 spiro atoms. The van der Waals surface area contributed by atoms with Gasteiger partial charge >= 0.3 is 11.9 Å². The van der Waals surface area contributed by atoms with Gasteiger partial charge in [-0.25, -0.2) is 0 Å². The number of carbonyl (C=O) groups excluding carboxylic acids is 3. The predicted molar refractivity (Wildman–Crippen MR) is 91.8 cm³/mol. The van der Waals surface area contributed by atoms with Crippen LogP contribution in [0.3, 0.4) is 0 Å². The van der Waals surface area contributed by atoms with Crippen molar-refractivity contribution in [1.82, 2.24) is 0 Å². The number of anilines is 1. The Morgan fingerprint density at radius 3 is 2.92 bits per heavy atom. The Labute approximate surface area is 157 Å². The normalized spacial score (nSPS) is 31.8. The number of nitrogens with one attached hydrogen (secondary N) is 1. The topological polar surface area (TPSA) is 81.7 Å². The molecule has 2 aliphatic carbocycles. The minimum Gasteiger partial charge on any atom is -0.462 e. The molecule has 1 N–H and O–H groups in total. The van der Waals surface area contributed by atoms with E-state index in [9.17, 15) is 14.4 Å². The van der Waals surface area contributed by atoms with E-state index in [2.05, 4.69) is 21.2 Å². The molecule has 1 aromatic rings. The third kappa shape index (κ3) is 2.93. The summed E-state index contributed by atoms with van der Waals surface area (Å²) in [4.78, 5) is 36.3. The number of hydrogen-bond donors (Lipinski definition) is 1. The van der Waals surface area contributed by atoms with Crippen LogP contribution < -0.4 is 5.32 Å². The maximum Gasteiger partial charge on any atom is 0.310 e. The Morgan fingerprint density at radius 2 is 2.16 bits per heavy atom. The first-order valence-corrected chi connectivity index (χ1v) is 9.23. The lowest BCUT2D eigenvalue weighted by Crippen LogP contribution is -2.34. The summed E-state index contributed by atoms with van der Waals surface area (Å²) in [6.45, 7) is -0.397. The van der Waals surface area contributed by atoms with Crippen LogP contribution in [0.15, 0.2) is 22.7 Å². The molecule has 5 atom stereocenters. The largest absolute Gasteiger partial charge is 0.462 e. The van der Waals surface area contributed by atoms with Crippen molar-refractivity contribution in [3.05, 3.63) is 27.7 Å². The summed E-state index contributed by atoms with van der Waals surface area (Å²) in [5.74, 6) is -1.87. The molecule has 0 unspecified atom stereocenters. The van der Waals surface area contributed by atoms with E-state index in [1.807, 2.05) is 0 Å². The Bertz CT molecular complexity index is 767. The maximum absolute atomic E-state index is 12.4. The first-order valence-electron chi connectivity index (χ1n) is 8.06. The zero-order valence-corrected chi connectivity index (χ0v) is 15.4. The molecule has 2 bridgehead atoms. The highest BCUT2D eigenvalue weighted by Crippen LogP contribution is 2.57. The Hall–Kier alpha value is -1.60. The molecule has 6 nitrogen and oxygen atoms in total. The summed E-state index contributed by atoms with van der Waals surface area (Å²) < 4.78 is 11.2. The summed E-state index contributed by atoms with van der Waals surface area (Å²) in [6, 6.07) is 4.98. The fourth-order valence-electron chi connectivity index (χ4n) is 4.33. The minimum atomic E-state index is -0.487. The van der Waals surface area contributed by atoms with Crippen molar-refractivity contribution in [3.8, 4) is 0 Å². The van der Waals surface area contributed by atoms with Gasteiger partial charge in [0.05, 0.1) is 16.9 Å². The molecule has 1 amide bonds. The molecule has 8 heteroatoms. The number of rotatable bonds is 4. The number of fused-ring (bicyclic) bond motifs is 1. The van der Waals surface area contributed by atoms with Gasteiger partial charge < -0.3 is 14.8 Å². The predicted octanol–water partition coefficient (Wildman–Crippen LogP) is 2.78. The van der Waals surface area contributed by atoms with E-state index in [-0.39, 0.29) is 23.9 Å². The molecule has 4 rings (SSSR count). The van der Waals surface area contributed by atoms with E-state index in [0.717, 1.165) is 17.3 Å². The molecule has 2 saturated carbocycles. The summed E-state index contributed by atoms with van der Waals surface area (Å²) >= 11 is 9.24. The summed E-state index contributed by atoms with van der Waals surface area (Å²) in [7, 11) is 0. The average Bonchev–Trinajstić information content (AvgIpc) is 3.18. The van der Waals surface area contributed by atoms with Crippen LogP contribution in [0, 0.1) is 23.7 Å². The number of amides is 1. The van der Waals surface area contributed by atoms with Gasteiger partial charge in [-0.1, -0.05) is 11.6 Å². The minimum absolute atomic E-state index is 0.0306. The van der Waals surface area contributed by atoms with Gasteiger partial charge in [0.15, 0.2) is 6.61 Å². The van der Waals surface area contributed by atoms with Crippen molar-refractivity contribution in [1.29, 1.82) is 0 Å². The quantitative estimate of drug-likeness (QED) is 0.746. The van der Waals surface area contributed by atoms with Crippen molar-refractivity contribution in [2.75, 3.05) is 11.9 Å². The van der Waals surface area contributed by atoms with E-state index in [1.165, 1.54) is 0 Å². The molecule has 1 aromatic carbocycles. The van der Waals surface area contributed by atoms with Crippen LogP contribution in [0.1, 0.15) is 12.8 Å². The lowest BCUT2D eigenvalue weighted by atomic mass is 9.80. The highest BCUT2D eigenvalue weighted by molar-refractivity contribution is 9.10. The van der Waals surface area contributed by atoms with Gasteiger partial charge in [-0.05, 0) is 52.9 Å². The number of ether oxygens (including phenoxy) is 2. The average molecular weight is 429 g/mol. The second kappa shape index (κ2) is 6.29. The Morgan fingerprint density at radius 1 is 1.36 bits per heavy atom. The van der Waals surface area contributed by atoms with Crippen molar-refractivity contribution in [2.24, 2.45) is 23.7 Å². The van der Waals surface area contributed by atoms with E-state index in [4.69, 9.17) is 21.1 Å². The fourth-order valence-corrected chi connectivity index (χ4v) is 4.76. The second-order valence-corrected chi connectivity index (χ2v) is 7.97. The van der Waals surface area contributed by atoms with Gasteiger partial charge in [0.2, 0.25) is 0 Å². The van der Waals surface area contributed by atoms with E-state index < -0.39 is 30.3 Å².